The summed E-state index contributed by atoms with van der Waals surface area (Å²) in [4.78, 5) is 0. The molecular weight excluding hydrogens is 174 g/mol. The van der Waals surface area contributed by atoms with Gasteiger partial charge in [0.25, 0.3) is 0 Å². The standard InChI is InChI=1S/C8H17NO2S/c1-3-7(2)9-8-4-5-12(10,11)6-8/h7-9H,3-6H2,1-2H3/t7-,8+/m0/s1. The summed E-state index contributed by atoms with van der Waals surface area (Å²) in [6.45, 7) is 4.19. The molecule has 0 unspecified atom stereocenters. The summed E-state index contributed by atoms with van der Waals surface area (Å²) in [5, 5.41) is 3.30. The Bertz CT molecular complexity index is 235. The minimum atomic E-state index is -2.71. The number of nitrogens with one attached hydrogen (secondary N) is 1. The van der Waals surface area contributed by atoms with Gasteiger partial charge in [-0.1, -0.05) is 6.92 Å². The molecule has 1 aliphatic heterocycles. The van der Waals surface area contributed by atoms with Crippen LogP contribution < -0.4 is 5.32 Å². The van der Waals surface area contributed by atoms with Gasteiger partial charge in [0.15, 0.2) is 9.84 Å². The predicted octanol–water partition coefficient (Wildman–Crippen LogP) is 0.562. The highest BCUT2D eigenvalue weighted by atomic mass is 32.2. The predicted molar refractivity (Wildman–Crippen MR) is 49.9 cm³/mol. The molecule has 0 aromatic carbocycles. The average molecular weight is 191 g/mol. The molecule has 0 aromatic rings. The Balaban J connectivity index is 2.38. The van der Waals surface area contributed by atoms with E-state index in [0.717, 1.165) is 12.8 Å². The van der Waals surface area contributed by atoms with Gasteiger partial charge in [0, 0.05) is 12.1 Å². The Morgan fingerprint density at radius 2 is 2.25 bits per heavy atom. The van der Waals surface area contributed by atoms with E-state index in [1.54, 1.807) is 0 Å². The van der Waals surface area contributed by atoms with Crippen molar-refractivity contribution in [1.82, 2.24) is 5.32 Å². The zero-order chi connectivity index (χ0) is 9.19. The van der Waals surface area contributed by atoms with E-state index in [9.17, 15) is 8.42 Å². The van der Waals surface area contributed by atoms with Gasteiger partial charge in [-0.25, -0.2) is 8.42 Å². The minimum Gasteiger partial charge on any atom is -0.310 e. The van der Waals surface area contributed by atoms with Crippen molar-refractivity contribution in [3.05, 3.63) is 0 Å². The third-order valence-corrected chi connectivity index (χ3v) is 4.13. The molecule has 0 spiro atoms. The number of hydrogen-bond acceptors (Lipinski definition) is 3. The van der Waals surface area contributed by atoms with Crippen LogP contribution >= 0.6 is 0 Å². The highest BCUT2D eigenvalue weighted by Crippen LogP contribution is 2.12. The van der Waals surface area contributed by atoms with Crippen LogP contribution in [0.15, 0.2) is 0 Å². The van der Waals surface area contributed by atoms with Crippen LogP contribution in [0.25, 0.3) is 0 Å². The van der Waals surface area contributed by atoms with Crippen molar-refractivity contribution in [3.8, 4) is 0 Å². The highest BCUT2D eigenvalue weighted by Gasteiger charge is 2.27. The second kappa shape index (κ2) is 3.75. The van der Waals surface area contributed by atoms with Gasteiger partial charge < -0.3 is 5.32 Å². The van der Waals surface area contributed by atoms with E-state index in [-0.39, 0.29) is 6.04 Å². The second-order valence-corrected chi connectivity index (χ2v) is 5.80. The quantitative estimate of drug-likeness (QED) is 0.709. The molecule has 1 saturated heterocycles. The molecule has 72 valence electrons. The molecule has 12 heavy (non-hydrogen) atoms. The molecule has 1 N–H and O–H groups in total. The Morgan fingerprint density at radius 1 is 1.58 bits per heavy atom. The smallest absolute Gasteiger partial charge is 0.151 e. The molecule has 3 nitrogen and oxygen atoms in total. The van der Waals surface area contributed by atoms with Crippen molar-refractivity contribution >= 4 is 9.84 Å². The zero-order valence-electron chi connectivity index (χ0n) is 7.71. The first-order valence-corrected chi connectivity index (χ1v) is 6.32. The fourth-order valence-corrected chi connectivity index (χ4v) is 3.13. The molecule has 0 aromatic heterocycles. The molecule has 1 fully saturated rings. The lowest BCUT2D eigenvalue weighted by atomic mass is 10.2. The fraction of sp³-hybridized carbons (Fsp3) is 1.00. The molecule has 0 saturated carbocycles. The van der Waals surface area contributed by atoms with Crippen molar-refractivity contribution in [2.75, 3.05) is 11.5 Å². The van der Waals surface area contributed by atoms with Crippen molar-refractivity contribution in [2.45, 2.75) is 38.8 Å². The van der Waals surface area contributed by atoms with Gasteiger partial charge in [0.2, 0.25) is 0 Å². The third-order valence-electron chi connectivity index (χ3n) is 2.37. The summed E-state index contributed by atoms with van der Waals surface area (Å²) in [5.41, 5.74) is 0. The van der Waals surface area contributed by atoms with Crippen LogP contribution in [0.4, 0.5) is 0 Å². The zero-order valence-corrected chi connectivity index (χ0v) is 8.52. The lowest BCUT2D eigenvalue weighted by Gasteiger charge is -2.16. The van der Waals surface area contributed by atoms with E-state index < -0.39 is 9.84 Å². The largest absolute Gasteiger partial charge is 0.310 e. The van der Waals surface area contributed by atoms with Crippen molar-refractivity contribution in [1.29, 1.82) is 0 Å². The maximum absolute atomic E-state index is 11.1. The minimum absolute atomic E-state index is 0.199. The van der Waals surface area contributed by atoms with Gasteiger partial charge in [-0.3, -0.25) is 0 Å². The van der Waals surface area contributed by atoms with Crippen molar-refractivity contribution in [2.24, 2.45) is 0 Å². The molecule has 0 bridgehead atoms. The van der Waals surface area contributed by atoms with Gasteiger partial charge in [0.1, 0.15) is 0 Å². The summed E-state index contributed by atoms with van der Waals surface area (Å²) in [7, 11) is -2.71. The first kappa shape index (κ1) is 9.99. The van der Waals surface area contributed by atoms with E-state index in [0.29, 0.717) is 17.5 Å². The first-order chi connectivity index (χ1) is 5.53. The van der Waals surface area contributed by atoms with E-state index in [2.05, 4.69) is 19.2 Å². The molecule has 1 heterocycles. The number of rotatable bonds is 3. The van der Waals surface area contributed by atoms with Crippen LogP contribution in [0.5, 0.6) is 0 Å². The summed E-state index contributed by atoms with van der Waals surface area (Å²) in [5.74, 6) is 0.693. The fourth-order valence-electron chi connectivity index (χ4n) is 1.45. The number of sulfone groups is 1. The molecule has 0 amide bonds. The second-order valence-electron chi connectivity index (χ2n) is 3.58. The van der Waals surface area contributed by atoms with Gasteiger partial charge in [-0.15, -0.1) is 0 Å². The molecule has 0 radical (unpaired) electrons. The van der Waals surface area contributed by atoms with Gasteiger partial charge >= 0.3 is 0 Å². The summed E-state index contributed by atoms with van der Waals surface area (Å²) in [6, 6.07) is 0.633. The molecule has 4 heteroatoms. The van der Waals surface area contributed by atoms with E-state index in [1.165, 1.54) is 0 Å². The Labute approximate surface area is 74.5 Å². The Morgan fingerprint density at radius 3 is 2.67 bits per heavy atom. The van der Waals surface area contributed by atoms with E-state index in [4.69, 9.17) is 0 Å². The number of hydrogen-bond donors (Lipinski definition) is 1. The maximum atomic E-state index is 11.1. The lowest BCUT2D eigenvalue weighted by molar-refractivity contribution is 0.462. The van der Waals surface area contributed by atoms with Gasteiger partial charge in [-0.05, 0) is 19.8 Å². The van der Waals surface area contributed by atoms with Crippen LogP contribution in [-0.2, 0) is 9.84 Å². The van der Waals surface area contributed by atoms with Crippen LogP contribution in [0, 0.1) is 0 Å². The average Bonchev–Trinajstić information content (AvgIpc) is 2.30. The van der Waals surface area contributed by atoms with E-state index in [1.807, 2.05) is 0 Å². The molecule has 1 rings (SSSR count). The van der Waals surface area contributed by atoms with E-state index >= 15 is 0 Å². The Hall–Kier alpha value is -0.0900. The van der Waals surface area contributed by atoms with Gasteiger partial charge in [-0.2, -0.15) is 0 Å². The van der Waals surface area contributed by atoms with Crippen LogP contribution in [-0.4, -0.2) is 32.0 Å². The topological polar surface area (TPSA) is 46.2 Å². The monoisotopic (exact) mass is 191 g/mol. The molecule has 2 atom stereocenters. The third kappa shape index (κ3) is 2.75. The maximum Gasteiger partial charge on any atom is 0.151 e. The normalized spacial score (nSPS) is 30.3. The van der Waals surface area contributed by atoms with Crippen molar-refractivity contribution < 1.29 is 8.42 Å². The van der Waals surface area contributed by atoms with Crippen molar-refractivity contribution in [3.63, 3.8) is 0 Å². The molecule has 1 aliphatic rings. The lowest BCUT2D eigenvalue weighted by Crippen LogP contribution is -2.36. The summed E-state index contributed by atoms with van der Waals surface area (Å²) < 4.78 is 22.1. The SMILES string of the molecule is CC[C@H](C)N[C@@H]1CCS(=O)(=O)C1. The van der Waals surface area contributed by atoms with Gasteiger partial charge in [0.05, 0.1) is 11.5 Å². The first-order valence-electron chi connectivity index (χ1n) is 4.50. The summed E-state index contributed by atoms with van der Waals surface area (Å²) in [6.07, 6.45) is 1.84. The van der Waals surface area contributed by atoms with Crippen LogP contribution in [0.1, 0.15) is 26.7 Å². The molecule has 0 aliphatic carbocycles. The summed E-state index contributed by atoms with van der Waals surface area (Å²) >= 11 is 0. The van der Waals surface area contributed by atoms with Crippen LogP contribution in [0.3, 0.4) is 0 Å². The van der Waals surface area contributed by atoms with Crippen LogP contribution in [0.2, 0.25) is 0 Å². The highest BCUT2D eigenvalue weighted by molar-refractivity contribution is 7.91. The molecular formula is C8H17NO2S. The Kier molecular flexibility index (Phi) is 3.12.